The molecule has 0 aliphatic rings. The van der Waals surface area contributed by atoms with Gasteiger partial charge in [0, 0.05) is 17.2 Å². The van der Waals surface area contributed by atoms with Gasteiger partial charge in [0.25, 0.3) is 0 Å². The molecule has 0 bridgehead atoms. The molecule has 1 rings (SSSR count). The van der Waals surface area contributed by atoms with Gasteiger partial charge in [-0.15, -0.1) is 0 Å². The van der Waals surface area contributed by atoms with Crippen molar-refractivity contribution in [2.24, 2.45) is 5.73 Å². The Kier molecular flexibility index (Phi) is 6.76. The molecule has 0 saturated carbocycles. The minimum atomic E-state index is 0.0314. The van der Waals surface area contributed by atoms with Gasteiger partial charge in [0.1, 0.15) is 5.84 Å². The highest BCUT2D eigenvalue weighted by atomic mass is 35.5. The first-order valence-electron chi connectivity index (χ1n) is 6.35. The number of hydrogen-bond donors (Lipinski definition) is 2. The summed E-state index contributed by atoms with van der Waals surface area (Å²) in [7, 11) is 0. The lowest BCUT2D eigenvalue weighted by Gasteiger charge is -2.07. The van der Waals surface area contributed by atoms with Gasteiger partial charge in [-0.05, 0) is 18.1 Å². The second-order valence-electron chi connectivity index (χ2n) is 4.33. The van der Waals surface area contributed by atoms with Crippen molar-refractivity contribution in [1.29, 1.82) is 5.41 Å². The van der Waals surface area contributed by atoms with Crippen LogP contribution in [0.3, 0.4) is 0 Å². The number of halogens is 1. The van der Waals surface area contributed by atoms with Crippen molar-refractivity contribution in [3.05, 3.63) is 34.3 Å². The first-order chi connectivity index (χ1) is 8.65. The molecule has 0 heterocycles. The first-order valence-corrected chi connectivity index (χ1v) is 6.73. The van der Waals surface area contributed by atoms with Crippen molar-refractivity contribution in [2.75, 3.05) is 6.61 Å². The lowest BCUT2D eigenvalue weighted by Crippen LogP contribution is -2.11. The Morgan fingerprint density at radius 1 is 1.33 bits per heavy atom. The fraction of sp³-hybridized carbons (Fsp3) is 0.500. The summed E-state index contributed by atoms with van der Waals surface area (Å²) >= 11 is 6.10. The number of amidine groups is 1. The van der Waals surface area contributed by atoms with Crippen molar-refractivity contribution in [3.63, 3.8) is 0 Å². The average Bonchev–Trinajstić information content (AvgIpc) is 2.35. The van der Waals surface area contributed by atoms with Crippen LogP contribution in [-0.2, 0) is 11.3 Å². The third-order valence-electron chi connectivity index (χ3n) is 2.76. The largest absolute Gasteiger partial charge is 0.384 e. The van der Waals surface area contributed by atoms with E-state index in [1.807, 2.05) is 6.07 Å². The maximum Gasteiger partial charge on any atom is 0.122 e. The molecule has 100 valence electrons. The second-order valence-corrected chi connectivity index (χ2v) is 4.74. The van der Waals surface area contributed by atoms with E-state index in [4.69, 9.17) is 27.5 Å². The van der Waals surface area contributed by atoms with Crippen LogP contribution in [0.25, 0.3) is 0 Å². The molecular weight excluding hydrogens is 248 g/mol. The second kappa shape index (κ2) is 8.11. The lowest BCUT2D eigenvalue weighted by atomic mass is 10.1. The van der Waals surface area contributed by atoms with Crippen LogP contribution in [0.1, 0.15) is 43.7 Å². The molecule has 0 atom stereocenters. The van der Waals surface area contributed by atoms with E-state index in [1.54, 1.807) is 12.1 Å². The number of rotatable bonds is 8. The van der Waals surface area contributed by atoms with Gasteiger partial charge in [-0.2, -0.15) is 0 Å². The summed E-state index contributed by atoms with van der Waals surface area (Å²) in [5.74, 6) is 0.0314. The number of benzene rings is 1. The predicted octanol–water partition coefficient (Wildman–Crippen LogP) is 3.72. The summed E-state index contributed by atoms with van der Waals surface area (Å²) < 4.78 is 5.58. The highest BCUT2D eigenvalue weighted by molar-refractivity contribution is 6.31. The predicted molar refractivity (Wildman–Crippen MR) is 76.3 cm³/mol. The zero-order valence-corrected chi connectivity index (χ0v) is 11.6. The van der Waals surface area contributed by atoms with Crippen LogP contribution in [-0.4, -0.2) is 12.4 Å². The molecule has 3 N–H and O–H groups in total. The number of hydrogen-bond acceptors (Lipinski definition) is 2. The van der Waals surface area contributed by atoms with Gasteiger partial charge in [-0.25, -0.2) is 0 Å². The number of nitrogens with one attached hydrogen (secondary N) is 1. The molecular formula is C14H21ClN2O. The van der Waals surface area contributed by atoms with Gasteiger partial charge in [-0.1, -0.05) is 49.9 Å². The van der Waals surface area contributed by atoms with Gasteiger partial charge in [0.05, 0.1) is 6.61 Å². The van der Waals surface area contributed by atoms with E-state index < -0.39 is 0 Å². The molecule has 18 heavy (non-hydrogen) atoms. The van der Waals surface area contributed by atoms with Gasteiger partial charge < -0.3 is 10.5 Å². The first kappa shape index (κ1) is 15.0. The number of unbranched alkanes of at least 4 members (excludes halogenated alkanes) is 3. The fourth-order valence-corrected chi connectivity index (χ4v) is 1.88. The van der Waals surface area contributed by atoms with Crippen LogP contribution in [0.4, 0.5) is 0 Å². The monoisotopic (exact) mass is 268 g/mol. The smallest absolute Gasteiger partial charge is 0.122 e. The zero-order chi connectivity index (χ0) is 13.4. The lowest BCUT2D eigenvalue weighted by molar-refractivity contribution is 0.117. The molecule has 0 spiro atoms. The summed E-state index contributed by atoms with van der Waals surface area (Å²) in [5, 5.41) is 7.93. The van der Waals surface area contributed by atoms with Crippen LogP contribution in [0, 0.1) is 5.41 Å². The molecule has 4 heteroatoms. The highest BCUT2D eigenvalue weighted by Crippen LogP contribution is 2.18. The van der Waals surface area contributed by atoms with E-state index >= 15 is 0 Å². The number of nitrogen functional groups attached to an aromatic ring is 1. The van der Waals surface area contributed by atoms with Crippen molar-refractivity contribution in [3.8, 4) is 0 Å². The Morgan fingerprint density at radius 3 is 2.72 bits per heavy atom. The topological polar surface area (TPSA) is 59.1 Å². The van der Waals surface area contributed by atoms with E-state index in [9.17, 15) is 0 Å². The SMILES string of the molecule is CCCCCCOCc1ccc(C(=N)N)cc1Cl. The maximum atomic E-state index is 7.32. The molecule has 0 aliphatic heterocycles. The minimum absolute atomic E-state index is 0.0314. The molecule has 3 nitrogen and oxygen atoms in total. The van der Waals surface area contributed by atoms with E-state index in [0.717, 1.165) is 18.6 Å². The van der Waals surface area contributed by atoms with Gasteiger partial charge in [0.15, 0.2) is 0 Å². The van der Waals surface area contributed by atoms with Crippen molar-refractivity contribution in [2.45, 2.75) is 39.2 Å². The van der Waals surface area contributed by atoms with E-state index in [1.165, 1.54) is 19.3 Å². The van der Waals surface area contributed by atoms with Crippen LogP contribution < -0.4 is 5.73 Å². The summed E-state index contributed by atoms with van der Waals surface area (Å²) in [4.78, 5) is 0. The summed E-state index contributed by atoms with van der Waals surface area (Å²) in [6, 6.07) is 5.37. The molecule has 0 saturated heterocycles. The van der Waals surface area contributed by atoms with Gasteiger partial charge in [-0.3, -0.25) is 5.41 Å². The highest BCUT2D eigenvalue weighted by Gasteiger charge is 2.03. The van der Waals surface area contributed by atoms with E-state index in [0.29, 0.717) is 17.2 Å². The molecule has 0 radical (unpaired) electrons. The average molecular weight is 269 g/mol. The van der Waals surface area contributed by atoms with Crippen molar-refractivity contribution in [1.82, 2.24) is 0 Å². The van der Waals surface area contributed by atoms with Crippen LogP contribution in [0.5, 0.6) is 0 Å². The summed E-state index contributed by atoms with van der Waals surface area (Å²) in [6.45, 7) is 3.48. The molecule has 0 amide bonds. The van der Waals surface area contributed by atoms with E-state index in [-0.39, 0.29) is 5.84 Å². The van der Waals surface area contributed by atoms with Crippen molar-refractivity contribution < 1.29 is 4.74 Å². The van der Waals surface area contributed by atoms with Crippen LogP contribution in [0.15, 0.2) is 18.2 Å². The van der Waals surface area contributed by atoms with Crippen LogP contribution in [0.2, 0.25) is 5.02 Å². The summed E-state index contributed by atoms with van der Waals surface area (Å²) in [5.41, 5.74) is 6.98. The zero-order valence-electron chi connectivity index (χ0n) is 10.8. The standard InChI is InChI=1S/C14H21ClN2O/c1-2-3-4-5-8-18-10-12-7-6-11(14(16)17)9-13(12)15/h6-7,9H,2-5,8,10H2,1H3,(H3,16,17). The molecule has 1 aromatic carbocycles. The maximum absolute atomic E-state index is 7.32. The van der Waals surface area contributed by atoms with E-state index in [2.05, 4.69) is 6.92 Å². The molecule has 0 aromatic heterocycles. The fourth-order valence-electron chi connectivity index (χ4n) is 1.64. The molecule has 0 unspecified atom stereocenters. The molecule has 0 aliphatic carbocycles. The normalized spacial score (nSPS) is 10.6. The number of nitrogens with two attached hydrogens (primary N) is 1. The van der Waals surface area contributed by atoms with Crippen LogP contribution >= 0.6 is 11.6 Å². The molecule has 0 fully saturated rings. The van der Waals surface area contributed by atoms with Gasteiger partial charge >= 0.3 is 0 Å². The third-order valence-corrected chi connectivity index (χ3v) is 3.12. The minimum Gasteiger partial charge on any atom is -0.384 e. The quantitative estimate of drug-likeness (QED) is 0.429. The number of ether oxygens (including phenoxy) is 1. The van der Waals surface area contributed by atoms with Gasteiger partial charge in [0.2, 0.25) is 0 Å². The third kappa shape index (κ3) is 5.07. The Labute approximate surface area is 114 Å². The summed E-state index contributed by atoms with van der Waals surface area (Å²) in [6.07, 6.45) is 4.81. The Balaban J connectivity index is 2.36. The Hall–Kier alpha value is -1.06. The Bertz CT molecular complexity index is 393. The molecule has 1 aromatic rings. The van der Waals surface area contributed by atoms with Crippen molar-refractivity contribution >= 4 is 17.4 Å². The Morgan fingerprint density at radius 2 is 2.11 bits per heavy atom.